The van der Waals surface area contributed by atoms with Crippen LogP contribution in [0.4, 0.5) is 17.1 Å². The number of nitrogen functional groups attached to an aromatic ring is 2. The van der Waals surface area contributed by atoms with Crippen LogP contribution in [0.15, 0.2) is 47.2 Å². The van der Waals surface area contributed by atoms with Crippen LogP contribution in [0.5, 0.6) is 0 Å². The lowest BCUT2D eigenvalue weighted by Gasteiger charge is -2.11. The smallest absolute Gasteiger partial charge is 0.0415 e. The van der Waals surface area contributed by atoms with E-state index in [9.17, 15) is 0 Å². The van der Waals surface area contributed by atoms with E-state index in [0.717, 1.165) is 34.7 Å². The van der Waals surface area contributed by atoms with Gasteiger partial charge in [0.2, 0.25) is 0 Å². The van der Waals surface area contributed by atoms with Crippen LogP contribution in [-0.2, 0) is 6.54 Å². The summed E-state index contributed by atoms with van der Waals surface area (Å²) < 4.78 is 0. The molecular weight excluding hydrogens is 373 g/mol. The molecular formula is C19H23Cl2N3S. The Kier molecular flexibility index (Phi) is 7.61. The zero-order valence-electron chi connectivity index (χ0n) is 14.2. The molecule has 0 radical (unpaired) electrons. The highest BCUT2D eigenvalue weighted by atomic mass is 35.5. The summed E-state index contributed by atoms with van der Waals surface area (Å²) >= 11 is 1.68. The van der Waals surface area contributed by atoms with Gasteiger partial charge in [0.25, 0.3) is 0 Å². The fraction of sp³-hybridized carbons (Fsp3) is 0.158. The van der Waals surface area contributed by atoms with Crippen LogP contribution >= 0.6 is 36.2 Å². The first-order chi connectivity index (χ1) is 11.0. The van der Waals surface area contributed by atoms with Gasteiger partial charge in [0.05, 0.1) is 0 Å². The highest BCUT2D eigenvalue weighted by Crippen LogP contribution is 2.33. The van der Waals surface area contributed by atoms with Crippen molar-refractivity contribution in [3.05, 3.63) is 63.8 Å². The Balaban J connectivity index is 0.00000156. The van der Waals surface area contributed by atoms with Gasteiger partial charge in [-0.15, -0.1) is 24.8 Å². The lowest BCUT2D eigenvalue weighted by molar-refractivity contribution is 1.16. The molecule has 3 rings (SSSR count). The largest absolute Gasteiger partial charge is 0.399 e. The Morgan fingerprint density at radius 2 is 1.56 bits per heavy atom. The van der Waals surface area contributed by atoms with E-state index < -0.39 is 0 Å². The molecule has 1 aromatic heterocycles. The van der Waals surface area contributed by atoms with Crippen LogP contribution in [0.3, 0.4) is 0 Å². The van der Waals surface area contributed by atoms with E-state index in [4.69, 9.17) is 11.5 Å². The van der Waals surface area contributed by atoms with Gasteiger partial charge in [-0.2, -0.15) is 11.3 Å². The molecule has 6 heteroatoms. The molecule has 0 aliphatic rings. The summed E-state index contributed by atoms with van der Waals surface area (Å²) in [5, 5.41) is 7.80. The number of hydrogen-bond donors (Lipinski definition) is 3. The quantitative estimate of drug-likeness (QED) is 0.499. The number of anilines is 3. The summed E-state index contributed by atoms with van der Waals surface area (Å²) in [6.45, 7) is 4.99. The third-order valence-electron chi connectivity index (χ3n) is 3.81. The Morgan fingerprint density at radius 1 is 0.880 bits per heavy atom. The van der Waals surface area contributed by atoms with Crippen LogP contribution in [0, 0.1) is 13.8 Å². The summed E-state index contributed by atoms with van der Waals surface area (Å²) in [6.07, 6.45) is 0. The first-order valence-corrected chi connectivity index (χ1v) is 8.50. The molecule has 0 unspecified atom stereocenters. The summed E-state index contributed by atoms with van der Waals surface area (Å²) in [6, 6.07) is 12.1. The Bertz CT molecular complexity index is 826. The summed E-state index contributed by atoms with van der Waals surface area (Å²) in [5.74, 6) is 0. The maximum atomic E-state index is 6.13. The number of rotatable bonds is 4. The average molecular weight is 396 g/mol. The lowest BCUT2D eigenvalue weighted by Crippen LogP contribution is -2.01. The maximum Gasteiger partial charge on any atom is 0.0415 e. The molecule has 2 aromatic carbocycles. The van der Waals surface area contributed by atoms with E-state index in [0.29, 0.717) is 0 Å². The highest BCUT2D eigenvalue weighted by molar-refractivity contribution is 7.08. The molecule has 0 saturated heterocycles. The number of nitrogens with one attached hydrogen (secondary N) is 1. The molecule has 25 heavy (non-hydrogen) atoms. The molecule has 0 saturated carbocycles. The van der Waals surface area contributed by atoms with E-state index in [1.807, 2.05) is 18.2 Å². The van der Waals surface area contributed by atoms with Crippen molar-refractivity contribution in [1.29, 1.82) is 0 Å². The molecule has 0 fully saturated rings. The van der Waals surface area contributed by atoms with E-state index in [1.54, 1.807) is 11.3 Å². The van der Waals surface area contributed by atoms with E-state index in [1.165, 1.54) is 16.7 Å². The Labute approximate surface area is 165 Å². The van der Waals surface area contributed by atoms with Gasteiger partial charge in [-0.05, 0) is 77.2 Å². The minimum absolute atomic E-state index is 0. The SMILES string of the molecule is Cc1cc(C)cc(NCc2cscc2-c2cc(N)ccc2N)c1.Cl.Cl. The van der Waals surface area contributed by atoms with Crippen molar-refractivity contribution in [3.63, 3.8) is 0 Å². The van der Waals surface area contributed by atoms with Crippen LogP contribution < -0.4 is 16.8 Å². The Hall–Kier alpha value is -1.88. The van der Waals surface area contributed by atoms with Gasteiger partial charge in [0.15, 0.2) is 0 Å². The van der Waals surface area contributed by atoms with Crippen molar-refractivity contribution in [2.45, 2.75) is 20.4 Å². The zero-order valence-corrected chi connectivity index (χ0v) is 16.7. The molecule has 134 valence electrons. The van der Waals surface area contributed by atoms with Gasteiger partial charge >= 0.3 is 0 Å². The third-order valence-corrected chi connectivity index (χ3v) is 4.61. The predicted octanol–water partition coefficient (Wildman–Crippen LogP) is 5.65. The Morgan fingerprint density at radius 3 is 2.24 bits per heavy atom. The second-order valence-corrected chi connectivity index (χ2v) is 6.63. The molecule has 0 atom stereocenters. The summed E-state index contributed by atoms with van der Waals surface area (Å²) in [4.78, 5) is 0. The monoisotopic (exact) mass is 395 g/mol. The van der Waals surface area contributed by atoms with Gasteiger partial charge in [0.1, 0.15) is 0 Å². The van der Waals surface area contributed by atoms with Crippen molar-refractivity contribution in [2.24, 2.45) is 0 Å². The topological polar surface area (TPSA) is 64.1 Å². The van der Waals surface area contributed by atoms with Gasteiger partial charge in [-0.3, -0.25) is 0 Å². The van der Waals surface area contributed by atoms with E-state index >= 15 is 0 Å². The normalized spacial score (nSPS) is 9.84. The number of thiophene rings is 1. The van der Waals surface area contributed by atoms with Crippen molar-refractivity contribution in [1.82, 2.24) is 0 Å². The third kappa shape index (κ3) is 5.05. The number of benzene rings is 2. The lowest BCUT2D eigenvalue weighted by atomic mass is 10.0. The van der Waals surface area contributed by atoms with Gasteiger partial charge in [0, 0.05) is 29.2 Å². The van der Waals surface area contributed by atoms with Crippen molar-refractivity contribution >= 4 is 53.2 Å². The zero-order chi connectivity index (χ0) is 16.4. The predicted molar refractivity (Wildman–Crippen MR) is 116 cm³/mol. The second-order valence-electron chi connectivity index (χ2n) is 5.89. The first kappa shape index (κ1) is 21.2. The molecule has 5 N–H and O–H groups in total. The molecule has 1 heterocycles. The molecule has 3 nitrogen and oxygen atoms in total. The van der Waals surface area contributed by atoms with Crippen LogP contribution in [0.1, 0.15) is 16.7 Å². The molecule has 0 amide bonds. The van der Waals surface area contributed by atoms with E-state index in [2.05, 4.69) is 48.1 Å². The van der Waals surface area contributed by atoms with Crippen molar-refractivity contribution in [3.8, 4) is 11.1 Å². The fourth-order valence-electron chi connectivity index (χ4n) is 2.78. The van der Waals surface area contributed by atoms with Gasteiger partial charge in [-0.25, -0.2) is 0 Å². The second kappa shape index (κ2) is 8.99. The minimum Gasteiger partial charge on any atom is -0.399 e. The number of nitrogens with two attached hydrogens (primary N) is 2. The number of aryl methyl sites for hydroxylation is 2. The molecule has 0 spiro atoms. The summed E-state index contributed by atoms with van der Waals surface area (Å²) in [5.41, 5.74) is 20.6. The van der Waals surface area contributed by atoms with Crippen LogP contribution in [-0.4, -0.2) is 0 Å². The molecule has 3 aromatic rings. The number of halogens is 2. The maximum absolute atomic E-state index is 6.13. The minimum atomic E-state index is 0. The highest BCUT2D eigenvalue weighted by Gasteiger charge is 2.10. The molecule has 0 bridgehead atoms. The van der Waals surface area contributed by atoms with Crippen LogP contribution in [0.2, 0.25) is 0 Å². The van der Waals surface area contributed by atoms with Gasteiger partial charge < -0.3 is 16.8 Å². The van der Waals surface area contributed by atoms with Crippen molar-refractivity contribution < 1.29 is 0 Å². The fourth-order valence-corrected chi connectivity index (χ4v) is 3.63. The molecule has 0 aliphatic heterocycles. The van der Waals surface area contributed by atoms with E-state index in [-0.39, 0.29) is 24.8 Å². The average Bonchev–Trinajstić information content (AvgIpc) is 2.95. The van der Waals surface area contributed by atoms with Crippen LogP contribution in [0.25, 0.3) is 11.1 Å². The molecule has 0 aliphatic carbocycles. The number of hydrogen-bond acceptors (Lipinski definition) is 4. The standard InChI is InChI=1S/C19H21N3S.2ClH/c1-12-5-13(2)7-16(6-12)22-9-14-10-23-11-18(14)17-8-15(20)3-4-19(17)21;;/h3-8,10-11,22H,9,20-21H2,1-2H3;2*1H. The first-order valence-electron chi connectivity index (χ1n) is 7.55. The van der Waals surface area contributed by atoms with Gasteiger partial charge in [-0.1, -0.05) is 6.07 Å². The van der Waals surface area contributed by atoms with Crippen molar-refractivity contribution in [2.75, 3.05) is 16.8 Å². The summed E-state index contributed by atoms with van der Waals surface area (Å²) in [7, 11) is 0.